The van der Waals surface area contributed by atoms with E-state index in [1.165, 1.54) is 12.1 Å². The molecule has 2 saturated heterocycles. The fraction of sp³-hybridized carbons (Fsp3) is 0.462. The maximum atomic E-state index is 9.02. The van der Waals surface area contributed by atoms with Gasteiger partial charge in [-0.1, -0.05) is 15.9 Å². The summed E-state index contributed by atoms with van der Waals surface area (Å²) < 4.78 is 0.987. The number of nitriles is 1. The van der Waals surface area contributed by atoms with Crippen LogP contribution < -0.4 is 10.2 Å². The van der Waals surface area contributed by atoms with Gasteiger partial charge in [0, 0.05) is 35.8 Å². The van der Waals surface area contributed by atoms with Crippen molar-refractivity contribution in [3.8, 4) is 6.07 Å². The molecule has 2 fully saturated rings. The Balaban J connectivity index is 1.94. The molecule has 2 heterocycles. The molecule has 0 amide bonds. The van der Waals surface area contributed by atoms with E-state index in [9.17, 15) is 0 Å². The third-order valence-corrected chi connectivity index (χ3v) is 4.25. The van der Waals surface area contributed by atoms with Crippen LogP contribution in [-0.4, -0.2) is 25.7 Å². The lowest BCUT2D eigenvalue weighted by molar-refractivity contribution is 0.578. The van der Waals surface area contributed by atoms with Crippen molar-refractivity contribution in [2.75, 3.05) is 24.5 Å². The number of nitrogens with zero attached hydrogens (tertiary/aromatic N) is 2. The van der Waals surface area contributed by atoms with Gasteiger partial charge in [-0.3, -0.25) is 0 Å². The number of anilines is 1. The Morgan fingerprint density at radius 1 is 1.35 bits per heavy atom. The molecule has 0 bridgehead atoms. The highest BCUT2D eigenvalue weighted by atomic mass is 79.9. The lowest BCUT2D eigenvalue weighted by atomic mass is 10.0. The van der Waals surface area contributed by atoms with Crippen LogP contribution in [-0.2, 0) is 0 Å². The Labute approximate surface area is 110 Å². The normalized spacial score (nSPS) is 26.9. The molecule has 2 aliphatic rings. The second kappa shape index (κ2) is 4.32. The summed E-state index contributed by atoms with van der Waals surface area (Å²) in [6, 6.07) is 8.80. The zero-order valence-corrected chi connectivity index (χ0v) is 11.1. The van der Waals surface area contributed by atoms with E-state index in [1.807, 2.05) is 12.1 Å². The first kappa shape index (κ1) is 11.1. The maximum Gasteiger partial charge on any atom is 0.0992 e. The van der Waals surface area contributed by atoms with Crippen LogP contribution >= 0.6 is 15.9 Å². The van der Waals surface area contributed by atoms with E-state index < -0.39 is 0 Å². The molecule has 88 valence electrons. The summed E-state index contributed by atoms with van der Waals surface area (Å²) in [7, 11) is 0. The summed E-state index contributed by atoms with van der Waals surface area (Å²) in [4.78, 5) is 2.44. The highest BCUT2D eigenvalue weighted by Gasteiger charge is 2.37. The van der Waals surface area contributed by atoms with Crippen LogP contribution in [0.1, 0.15) is 12.0 Å². The molecule has 2 aliphatic heterocycles. The first-order valence-electron chi connectivity index (χ1n) is 5.96. The van der Waals surface area contributed by atoms with Gasteiger partial charge >= 0.3 is 0 Å². The molecule has 4 heteroatoms. The summed E-state index contributed by atoms with van der Waals surface area (Å²) >= 11 is 3.48. The van der Waals surface area contributed by atoms with Crippen LogP contribution in [0.4, 0.5) is 5.69 Å². The molecule has 3 nitrogen and oxygen atoms in total. The molecule has 3 rings (SSSR count). The number of benzene rings is 1. The van der Waals surface area contributed by atoms with Crippen LogP contribution in [0.15, 0.2) is 22.7 Å². The summed E-state index contributed by atoms with van der Waals surface area (Å²) in [6.07, 6.45) is 1.26. The third kappa shape index (κ3) is 1.94. The van der Waals surface area contributed by atoms with E-state index in [0.717, 1.165) is 35.6 Å². The average molecular weight is 292 g/mol. The molecule has 1 aromatic rings. The van der Waals surface area contributed by atoms with Gasteiger partial charge in [0.05, 0.1) is 11.6 Å². The molecule has 17 heavy (non-hydrogen) atoms. The van der Waals surface area contributed by atoms with Crippen LogP contribution in [0.2, 0.25) is 0 Å². The Morgan fingerprint density at radius 2 is 2.24 bits per heavy atom. The van der Waals surface area contributed by atoms with Crippen molar-refractivity contribution in [2.24, 2.45) is 5.92 Å². The number of hydrogen-bond donors (Lipinski definition) is 1. The van der Waals surface area contributed by atoms with Crippen LogP contribution in [0, 0.1) is 17.2 Å². The Morgan fingerprint density at radius 3 is 3.06 bits per heavy atom. The van der Waals surface area contributed by atoms with Crippen molar-refractivity contribution >= 4 is 21.6 Å². The van der Waals surface area contributed by atoms with E-state index in [-0.39, 0.29) is 0 Å². The molecule has 0 spiro atoms. The minimum absolute atomic E-state index is 0.607. The zero-order chi connectivity index (χ0) is 11.8. The summed E-state index contributed by atoms with van der Waals surface area (Å²) in [5.74, 6) is 0.777. The quantitative estimate of drug-likeness (QED) is 0.861. The lowest BCUT2D eigenvalue weighted by Gasteiger charge is -2.26. The topological polar surface area (TPSA) is 39.1 Å². The molecule has 1 aromatic carbocycles. The van der Waals surface area contributed by atoms with E-state index in [2.05, 4.69) is 38.3 Å². The predicted molar refractivity (Wildman–Crippen MR) is 71.0 cm³/mol. The van der Waals surface area contributed by atoms with Gasteiger partial charge in [0.25, 0.3) is 0 Å². The van der Waals surface area contributed by atoms with Gasteiger partial charge in [-0.25, -0.2) is 0 Å². The van der Waals surface area contributed by atoms with Crippen molar-refractivity contribution < 1.29 is 0 Å². The number of hydrogen-bond acceptors (Lipinski definition) is 3. The molecule has 0 aromatic heterocycles. The maximum absolute atomic E-state index is 9.02. The highest BCUT2D eigenvalue weighted by Crippen LogP contribution is 2.33. The number of nitrogens with one attached hydrogen (secondary N) is 1. The monoisotopic (exact) mass is 291 g/mol. The van der Waals surface area contributed by atoms with Gasteiger partial charge in [0.15, 0.2) is 0 Å². The van der Waals surface area contributed by atoms with Gasteiger partial charge in [0.1, 0.15) is 0 Å². The third-order valence-electron chi connectivity index (χ3n) is 3.79. The highest BCUT2D eigenvalue weighted by molar-refractivity contribution is 9.10. The molecule has 0 radical (unpaired) electrons. The SMILES string of the molecule is N#Cc1cc(Br)cc(N2CC[C@H]3CNC[C@H]32)c1. The molecule has 1 N–H and O–H groups in total. The molecular weight excluding hydrogens is 278 g/mol. The van der Waals surface area contributed by atoms with E-state index in [1.54, 1.807) is 0 Å². The fourth-order valence-corrected chi connectivity index (χ4v) is 3.46. The molecule has 0 unspecified atom stereocenters. The van der Waals surface area contributed by atoms with E-state index in [4.69, 9.17) is 5.26 Å². The zero-order valence-electron chi connectivity index (χ0n) is 9.49. The average Bonchev–Trinajstić information content (AvgIpc) is 2.89. The predicted octanol–water partition coefficient (Wildman–Crippen LogP) is 2.12. The summed E-state index contributed by atoms with van der Waals surface area (Å²) in [6.45, 7) is 3.32. The van der Waals surface area contributed by atoms with Crippen molar-refractivity contribution in [1.82, 2.24) is 5.32 Å². The van der Waals surface area contributed by atoms with Crippen molar-refractivity contribution in [1.29, 1.82) is 5.26 Å². The number of fused-ring (bicyclic) bond motifs is 1. The molecular formula is C13H14BrN3. The lowest BCUT2D eigenvalue weighted by Crippen LogP contribution is -2.34. The van der Waals surface area contributed by atoms with Gasteiger partial charge in [-0.05, 0) is 30.5 Å². The number of rotatable bonds is 1. The van der Waals surface area contributed by atoms with E-state index in [0.29, 0.717) is 6.04 Å². The molecule has 2 atom stereocenters. The Bertz CT molecular complexity index is 480. The van der Waals surface area contributed by atoms with Crippen molar-refractivity contribution in [2.45, 2.75) is 12.5 Å². The smallest absolute Gasteiger partial charge is 0.0992 e. The minimum atomic E-state index is 0.607. The van der Waals surface area contributed by atoms with E-state index >= 15 is 0 Å². The molecule has 0 saturated carbocycles. The first-order chi connectivity index (χ1) is 8.28. The van der Waals surface area contributed by atoms with Crippen molar-refractivity contribution in [3.05, 3.63) is 28.2 Å². The van der Waals surface area contributed by atoms with Gasteiger partial charge in [-0.2, -0.15) is 5.26 Å². The Kier molecular flexibility index (Phi) is 2.81. The summed E-state index contributed by atoms with van der Waals surface area (Å²) in [5, 5.41) is 12.5. The largest absolute Gasteiger partial charge is 0.367 e. The summed E-state index contributed by atoms with van der Waals surface area (Å²) in [5.41, 5.74) is 1.90. The van der Waals surface area contributed by atoms with Crippen molar-refractivity contribution in [3.63, 3.8) is 0 Å². The van der Waals surface area contributed by atoms with Crippen LogP contribution in [0.3, 0.4) is 0 Å². The standard InChI is InChI=1S/C13H14BrN3/c14-11-3-9(6-15)4-12(5-11)17-2-1-10-7-16-8-13(10)17/h3-5,10,13,16H,1-2,7-8H2/t10-,13+/m0/s1. The fourth-order valence-electron chi connectivity index (χ4n) is 2.97. The van der Waals surface area contributed by atoms with Gasteiger partial charge < -0.3 is 10.2 Å². The second-order valence-corrected chi connectivity index (χ2v) is 5.69. The number of halogens is 1. The van der Waals surface area contributed by atoms with Crippen LogP contribution in [0.5, 0.6) is 0 Å². The van der Waals surface area contributed by atoms with Gasteiger partial charge in [-0.15, -0.1) is 0 Å². The van der Waals surface area contributed by atoms with Crippen LogP contribution in [0.25, 0.3) is 0 Å². The molecule has 0 aliphatic carbocycles. The Hall–Kier alpha value is -1.05. The van der Waals surface area contributed by atoms with Gasteiger partial charge in [0.2, 0.25) is 0 Å². The first-order valence-corrected chi connectivity index (χ1v) is 6.75. The second-order valence-electron chi connectivity index (χ2n) is 4.78. The minimum Gasteiger partial charge on any atom is -0.367 e.